The zero-order chi connectivity index (χ0) is 6.28. The van der Waals surface area contributed by atoms with E-state index in [0.717, 1.165) is 0 Å². The van der Waals surface area contributed by atoms with Crippen LogP contribution in [0.5, 0.6) is 0 Å². The van der Waals surface area contributed by atoms with Crippen LogP contribution in [0.2, 0.25) is 0 Å². The molecule has 0 atom stereocenters. The Morgan fingerprint density at radius 2 is 1.38 bits per heavy atom. The first-order valence-electron chi connectivity index (χ1n) is 0.865. The third kappa shape index (κ3) is 302. The molecule has 0 radical (unpaired) electrons. The average Bonchev–Trinajstić information content (AvgIpc) is 1.33. The van der Waals surface area contributed by atoms with E-state index in [4.69, 9.17) is 21.7 Å². The van der Waals surface area contributed by atoms with Gasteiger partial charge in [-0.2, -0.15) is 12.6 Å². The summed E-state index contributed by atoms with van der Waals surface area (Å²) in [6.07, 6.45) is 0. The number of rotatable bonds is 0. The fourth-order valence-electron chi connectivity index (χ4n) is 0. The molecule has 8 heavy (non-hydrogen) atoms. The molecule has 0 aliphatic heterocycles. The molecule has 46 valence electrons. The molecule has 0 fully saturated rings. The molecule has 5 nitrogen and oxygen atoms in total. The molecule has 0 aliphatic carbocycles. The van der Waals surface area contributed by atoms with Crippen molar-refractivity contribution >= 4 is 22.9 Å². The molecule has 0 amide bonds. The van der Waals surface area contributed by atoms with Gasteiger partial charge in [-0.3, -0.25) is 9.11 Å². The third-order valence-electron chi connectivity index (χ3n) is 0. The summed E-state index contributed by atoms with van der Waals surface area (Å²) >= 11 is -3.36. The average molecular weight is 170 g/mol. The second-order valence-electron chi connectivity index (χ2n) is 0.299. The van der Waals surface area contributed by atoms with Crippen LogP contribution >= 0.6 is 0 Å². The summed E-state index contributed by atoms with van der Waals surface area (Å²) in [4.78, 5) is 0. The van der Waals surface area contributed by atoms with E-state index >= 15 is 0 Å². The van der Waals surface area contributed by atoms with Gasteiger partial charge in [0.1, 0.15) is 0 Å². The maximum absolute atomic E-state index is 8.67. The van der Waals surface area contributed by atoms with E-state index in [0.29, 0.717) is 0 Å². The molecule has 0 heterocycles. The van der Waals surface area contributed by atoms with Crippen LogP contribution in [-0.4, -0.2) is 21.7 Å². The van der Waals surface area contributed by atoms with E-state index in [1.54, 1.807) is 0 Å². The van der Waals surface area contributed by atoms with Gasteiger partial charge in [0, 0.05) is 0 Å². The first kappa shape index (κ1) is 16.0. The van der Waals surface area contributed by atoms with Crippen molar-refractivity contribution in [2.45, 2.75) is 0 Å². The van der Waals surface area contributed by atoms with Crippen LogP contribution in [0.15, 0.2) is 0 Å². The SMILES string of the molecule is O=S(O)O.O=S=O.[H-].[Na+]. The maximum Gasteiger partial charge on any atom is 1.00 e. The van der Waals surface area contributed by atoms with Crippen LogP contribution in [0, 0.1) is 0 Å². The summed E-state index contributed by atoms with van der Waals surface area (Å²) in [5.41, 5.74) is 0. The minimum atomic E-state index is -2.61. The molecule has 0 unspecified atom stereocenters. The fraction of sp³-hybridized carbons (Fsp3) is 0. The molecule has 0 saturated heterocycles. The Bertz CT molecular complexity index is 83.0. The number of hydrogen-bond acceptors (Lipinski definition) is 3. The zero-order valence-corrected chi connectivity index (χ0v) is 7.57. The molecule has 0 spiro atoms. The minimum Gasteiger partial charge on any atom is -1.00 e. The molecule has 0 rings (SSSR count). The Hall–Kier alpha value is 0.890. The maximum atomic E-state index is 8.67. The molecule has 0 aromatic heterocycles. The molecule has 0 aromatic carbocycles. The van der Waals surface area contributed by atoms with Crippen LogP contribution in [0.25, 0.3) is 0 Å². The first-order chi connectivity index (χ1) is 3.15. The Balaban J connectivity index is -0.0000000233. The number of hydrogen-bond donors (Lipinski definition) is 2. The topological polar surface area (TPSA) is 91.7 Å². The third-order valence-corrected chi connectivity index (χ3v) is 0. The second kappa shape index (κ2) is 15.7. The van der Waals surface area contributed by atoms with Gasteiger partial charge in [0.2, 0.25) is 0 Å². The van der Waals surface area contributed by atoms with Gasteiger partial charge in [-0.1, -0.05) is 0 Å². The summed E-state index contributed by atoms with van der Waals surface area (Å²) < 4.78 is 39.4. The Morgan fingerprint density at radius 3 is 1.38 bits per heavy atom. The largest absolute Gasteiger partial charge is 1.00 e. The van der Waals surface area contributed by atoms with Crippen molar-refractivity contribution in [2.24, 2.45) is 0 Å². The van der Waals surface area contributed by atoms with E-state index < -0.39 is 22.9 Å². The smallest absolute Gasteiger partial charge is 1.00 e. The molecular formula is H3NaO5S2. The molecule has 0 aromatic rings. The van der Waals surface area contributed by atoms with Gasteiger partial charge in [0.15, 0.2) is 0 Å². The van der Waals surface area contributed by atoms with Crippen molar-refractivity contribution in [3.05, 3.63) is 0 Å². The first-order valence-corrected chi connectivity index (χ1v) is 2.60. The van der Waals surface area contributed by atoms with Crippen LogP contribution in [-0.2, 0) is 22.9 Å². The van der Waals surface area contributed by atoms with Crippen LogP contribution < -0.4 is 29.6 Å². The van der Waals surface area contributed by atoms with Crippen molar-refractivity contribution in [1.82, 2.24) is 0 Å². The van der Waals surface area contributed by atoms with E-state index in [9.17, 15) is 0 Å². The molecule has 0 saturated carbocycles. The van der Waals surface area contributed by atoms with Crippen molar-refractivity contribution < 1.29 is 52.7 Å². The Morgan fingerprint density at radius 1 is 1.38 bits per heavy atom. The van der Waals surface area contributed by atoms with Gasteiger partial charge in [-0.05, 0) is 0 Å². The van der Waals surface area contributed by atoms with Crippen molar-refractivity contribution in [3.63, 3.8) is 0 Å². The van der Waals surface area contributed by atoms with Crippen molar-refractivity contribution in [2.75, 3.05) is 0 Å². The van der Waals surface area contributed by atoms with Gasteiger partial charge in [0.05, 0.1) is 0 Å². The molecule has 0 bridgehead atoms. The van der Waals surface area contributed by atoms with Gasteiger partial charge in [-0.25, -0.2) is 0 Å². The predicted molar refractivity (Wildman–Crippen MR) is 23.4 cm³/mol. The van der Waals surface area contributed by atoms with Gasteiger partial charge in [-0.15, -0.1) is 0 Å². The summed E-state index contributed by atoms with van der Waals surface area (Å²) in [5, 5.41) is 0. The van der Waals surface area contributed by atoms with Gasteiger partial charge >= 0.3 is 41.1 Å². The standard InChI is InChI=1S/Na.H2O3S.O2S.H/c;1-4(2)3;1-3-2;/h;(H2,1,2,3);;/q+1;;;-1. The molecule has 8 heteroatoms. The Kier molecular flexibility index (Phi) is 31.2. The summed E-state index contributed by atoms with van der Waals surface area (Å²) in [6, 6.07) is 0. The summed E-state index contributed by atoms with van der Waals surface area (Å²) in [7, 11) is 0. The van der Waals surface area contributed by atoms with E-state index in [1.807, 2.05) is 0 Å². The van der Waals surface area contributed by atoms with Crippen LogP contribution in [0.4, 0.5) is 0 Å². The van der Waals surface area contributed by atoms with Crippen LogP contribution in [0.1, 0.15) is 1.43 Å². The normalized spacial score (nSPS) is 5.88. The van der Waals surface area contributed by atoms with Crippen LogP contribution in [0.3, 0.4) is 0 Å². The van der Waals surface area contributed by atoms with E-state index in [2.05, 4.69) is 0 Å². The molecular weight excluding hydrogens is 167 g/mol. The quantitative estimate of drug-likeness (QED) is 0.286. The minimum absolute atomic E-state index is 0. The van der Waals surface area contributed by atoms with Gasteiger partial charge < -0.3 is 1.43 Å². The fourth-order valence-corrected chi connectivity index (χ4v) is 0. The van der Waals surface area contributed by atoms with Crippen molar-refractivity contribution in [1.29, 1.82) is 0 Å². The monoisotopic (exact) mass is 170 g/mol. The Labute approximate surface area is 75.3 Å². The second-order valence-corrected chi connectivity index (χ2v) is 0.896. The summed E-state index contributed by atoms with van der Waals surface area (Å²) in [6.45, 7) is 0. The van der Waals surface area contributed by atoms with Gasteiger partial charge in [0.25, 0.3) is 11.4 Å². The van der Waals surface area contributed by atoms with Crippen molar-refractivity contribution in [3.8, 4) is 0 Å². The van der Waals surface area contributed by atoms with E-state index in [-0.39, 0.29) is 31.0 Å². The zero-order valence-electron chi connectivity index (χ0n) is 4.94. The molecule has 0 aliphatic rings. The molecule has 2 N–H and O–H groups in total. The van der Waals surface area contributed by atoms with E-state index in [1.165, 1.54) is 0 Å². The predicted octanol–water partition coefficient (Wildman–Crippen LogP) is -3.87. The summed E-state index contributed by atoms with van der Waals surface area (Å²) in [5.74, 6) is 0.